The fraction of sp³-hybridized carbons (Fsp3) is 0.292. The summed E-state index contributed by atoms with van der Waals surface area (Å²) in [6, 6.07) is 20.2. The van der Waals surface area contributed by atoms with E-state index in [1.54, 1.807) is 4.90 Å². The van der Waals surface area contributed by atoms with Gasteiger partial charge < -0.3 is 4.90 Å². The second-order valence-electron chi connectivity index (χ2n) is 7.48. The summed E-state index contributed by atoms with van der Waals surface area (Å²) >= 11 is 1.34. The van der Waals surface area contributed by atoms with Crippen molar-refractivity contribution in [3.63, 3.8) is 0 Å². The van der Waals surface area contributed by atoms with E-state index in [4.69, 9.17) is 0 Å². The molecule has 0 N–H and O–H groups in total. The lowest BCUT2D eigenvalue weighted by Gasteiger charge is -2.16. The average Bonchev–Trinajstić information content (AvgIpc) is 3.34. The molecule has 0 radical (unpaired) electrons. The molecule has 30 heavy (non-hydrogen) atoms. The Bertz CT molecular complexity index is 1020. The molecule has 1 aliphatic rings. The number of rotatable bonds is 8. The number of aromatic nitrogens is 1. The third-order valence-corrected chi connectivity index (χ3v) is 6.58. The number of carbonyl (C=O) groups excluding carboxylic acids is 2. The molecule has 5 nitrogen and oxygen atoms in total. The van der Waals surface area contributed by atoms with Gasteiger partial charge in [0.15, 0.2) is 10.9 Å². The number of benzene rings is 2. The Hall–Kier alpha value is -2.99. The molecule has 6 heteroatoms. The highest BCUT2D eigenvalue weighted by Gasteiger charge is 2.32. The monoisotopic (exact) mass is 419 g/mol. The van der Waals surface area contributed by atoms with Gasteiger partial charge in [-0.15, -0.1) is 0 Å². The second kappa shape index (κ2) is 9.22. The van der Waals surface area contributed by atoms with Crippen LogP contribution in [0.25, 0.3) is 0 Å². The lowest BCUT2D eigenvalue weighted by Crippen LogP contribution is -2.33. The van der Waals surface area contributed by atoms with Crippen molar-refractivity contribution < 1.29 is 9.59 Å². The molecule has 1 aromatic heterocycles. The smallest absolute Gasteiger partial charge is 0.322 e. The zero-order chi connectivity index (χ0) is 20.9. The number of ketones is 1. The quantitative estimate of drug-likeness (QED) is 0.495. The maximum atomic E-state index is 12.9. The summed E-state index contributed by atoms with van der Waals surface area (Å²) in [5, 5.41) is 0.628. The number of hydrogen-bond donors (Lipinski definition) is 0. The van der Waals surface area contributed by atoms with E-state index < -0.39 is 0 Å². The minimum atomic E-state index is -0.0250. The highest BCUT2D eigenvalue weighted by molar-refractivity contribution is 7.17. The molecule has 3 aromatic rings. The van der Waals surface area contributed by atoms with Crippen molar-refractivity contribution in [2.24, 2.45) is 0 Å². The molecule has 2 heterocycles. The lowest BCUT2D eigenvalue weighted by molar-refractivity contribution is 0.0986. The first-order valence-corrected chi connectivity index (χ1v) is 11.1. The number of aryl methyl sites for hydroxylation is 2. The van der Waals surface area contributed by atoms with Crippen LogP contribution in [0.2, 0.25) is 0 Å². The molecule has 1 aliphatic heterocycles. The first-order valence-electron chi connectivity index (χ1n) is 10.3. The molecule has 1 fully saturated rings. The van der Waals surface area contributed by atoms with Gasteiger partial charge in [0.1, 0.15) is 0 Å². The van der Waals surface area contributed by atoms with Gasteiger partial charge in [-0.25, -0.2) is 9.78 Å². The van der Waals surface area contributed by atoms with Gasteiger partial charge in [-0.1, -0.05) is 72.0 Å². The van der Waals surface area contributed by atoms with E-state index >= 15 is 0 Å². The Morgan fingerprint density at radius 2 is 1.60 bits per heavy atom. The normalized spacial score (nSPS) is 13.8. The van der Waals surface area contributed by atoms with Crippen LogP contribution in [0.3, 0.4) is 0 Å². The number of carbonyl (C=O) groups is 2. The maximum absolute atomic E-state index is 12.9. The molecule has 0 atom stereocenters. The van der Waals surface area contributed by atoms with Crippen LogP contribution in [-0.2, 0) is 12.8 Å². The van der Waals surface area contributed by atoms with Gasteiger partial charge in [-0.3, -0.25) is 9.69 Å². The van der Waals surface area contributed by atoms with E-state index in [1.807, 2.05) is 60.4 Å². The first kappa shape index (κ1) is 20.3. The van der Waals surface area contributed by atoms with Crippen LogP contribution in [0, 0.1) is 6.92 Å². The van der Waals surface area contributed by atoms with Gasteiger partial charge in [0.2, 0.25) is 0 Å². The molecule has 0 aliphatic carbocycles. The molecular formula is C24H25N3O2S. The van der Waals surface area contributed by atoms with Gasteiger partial charge in [0.05, 0.1) is 10.6 Å². The Balaban J connectivity index is 1.37. The molecule has 2 aromatic carbocycles. The van der Waals surface area contributed by atoms with Crippen LogP contribution < -0.4 is 4.90 Å². The number of Topliss-reactive ketones (excluding diaryl/α,β-unsaturated/α-hetero) is 1. The van der Waals surface area contributed by atoms with E-state index in [9.17, 15) is 9.59 Å². The first-order chi connectivity index (χ1) is 14.6. The molecule has 0 spiro atoms. The summed E-state index contributed by atoms with van der Waals surface area (Å²) in [5.41, 5.74) is 3.08. The summed E-state index contributed by atoms with van der Waals surface area (Å²) in [4.78, 5) is 34.4. The number of anilines is 1. The minimum Gasteiger partial charge on any atom is -0.322 e. The summed E-state index contributed by atoms with van der Waals surface area (Å²) in [6.07, 6.45) is 1.99. The average molecular weight is 420 g/mol. The van der Waals surface area contributed by atoms with Crippen molar-refractivity contribution in [3.05, 3.63) is 82.4 Å². The molecule has 154 valence electrons. The minimum absolute atomic E-state index is 0.0250. The highest BCUT2D eigenvalue weighted by atomic mass is 32.1. The van der Waals surface area contributed by atoms with Gasteiger partial charge in [-0.2, -0.15) is 0 Å². The zero-order valence-corrected chi connectivity index (χ0v) is 17.9. The Kier molecular flexibility index (Phi) is 6.23. The van der Waals surface area contributed by atoms with Crippen molar-refractivity contribution in [2.45, 2.75) is 26.2 Å². The van der Waals surface area contributed by atoms with E-state index in [-0.39, 0.29) is 11.8 Å². The van der Waals surface area contributed by atoms with Gasteiger partial charge in [-0.05, 0) is 30.9 Å². The van der Waals surface area contributed by atoms with Crippen molar-refractivity contribution >= 4 is 28.3 Å². The van der Waals surface area contributed by atoms with E-state index in [0.29, 0.717) is 48.2 Å². The van der Waals surface area contributed by atoms with Crippen LogP contribution in [0.4, 0.5) is 9.93 Å². The van der Waals surface area contributed by atoms with Crippen LogP contribution in [-0.4, -0.2) is 41.3 Å². The molecule has 0 saturated carbocycles. The van der Waals surface area contributed by atoms with Crippen LogP contribution in [0.5, 0.6) is 0 Å². The Morgan fingerprint density at radius 1 is 0.967 bits per heavy atom. The van der Waals surface area contributed by atoms with E-state index in [1.165, 1.54) is 16.9 Å². The summed E-state index contributed by atoms with van der Waals surface area (Å²) < 4.78 is 0. The van der Waals surface area contributed by atoms with Gasteiger partial charge in [0.25, 0.3) is 0 Å². The van der Waals surface area contributed by atoms with Crippen molar-refractivity contribution in [1.29, 1.82) is 0 Å². The standard InChI is InChI=1S/C24H25N3O2S/c1-18-22(21(28)13-12-19-8-4-2-5-9-19)30-23(25-18)27-17-16-26(24(27)29)15-14-20-10-6-3-7-11-20/h2-11H,12-17H2,1H3. The topological polar surface area (TPSA) is 53.5 Å². The van der Waals surface area contributed by atoms with E-state index in [2.05, 4.69) is 17.1 Å². The molecular weight excluding hydrogens is 394 g/mol. The summed E-state index contributed by atoms with van der Waals surface area (Å²) in [7, 11) is 0. The van der Waals surface area contributed by atoms with Crippen molar-refractivity contribution in [3.8, 4) is 0 Å². The molecule has 2 amide bonds. The third-order valence-electron chi connectivity index (χ3n) is 5.36. The third kappa shape index (κ3) is 4.60. The largest absolute Gasteiger partial charge is 0.326 e. The summed E-state index contributed by atoms with van der Waals surface area (Å²) in [6.45, 7) is 3.83. The maximum Gasteiger partial charge on any atom is 0.326 e. The van der Waals surface area contributed by atoms with Gasteiger partial charge >= 0.3 is 6.03 Å². The van der Waals surface area contributed by atoms with Crippen LogP contribution in [0.15, 0.2) is 60.7 Å². The Labute approximate surface area is 181 Å². The number of thiazole rings is 1. The number of amides is 2. The lowest BCUT2D eigenvalue weighted by atomic mass is 10.1. The Morgan fingerprint density at radius 3 is 2.27 bits per heavy atom. The number of nitrogens with zero attached hydrogens (tertiary/aromatic N) is 3. The predicted molar refractivity (Wildman–Crippen MR) is 120 cm³/mol. The van der Waals surface area contributed by atoms with Gasteiger partial charge in [0, 0.05) is 26.1 Å². The fourth-order valence-corrected chi connectivity index (χ4v) is 4.70. The van der Waals surface area contributed by atoms with Crippen molar-refractivity contribution in [2.75, 3.05) is 24.5 Å². The highest BCUT2D eigenvalue weighted by Crippen LogP contribution is 2.30. The molecule has 4 rings (SSSR count). The SMILES string of the molecule is Cc1nc(N2CCN(CCc3ccccc3)C2=O)sc1C(=O)CCc1ccccc1. The van der Waals surface area contributed by atoms with E-state index in [0.717, 1.165) is 12.0 Å². The van der Waals surface area contributed by atoms with Crippen LogP contribution >= 0.6 is 11.3 Å². The summed E-state index contributed by atoms with van der Waals surface area (Å²) in [5.74, 6) is 0.0904. The molecule has 1 saturated heterocycles. The zero-order valence-electron chi connectivity index (χ0n) is 17.1. The second-order valence-corrected chi connectivity index (χ2v) is 8.45. The molecule has 0 bridgehead atoms. The van der Waals surface area contributed by atoms with Crippen molar-refractivity contribution in [1.82, 2.24) is 9.88 Å². The predicted octanol–water partition coefficient (Wildman–Crippen LogP) is 4.75. The number of hydrogen-bond acceptors (Lipinski definition) is 4. The number of urea groups is 1. The molecule has 0 unspecified atom stereocenters. The fourth-order valence-electron chi connectivity index (χ4n) is 3.65. The van der Waals surface area contributed by atoms with Crippen LogP contribution in [0.1, 0.15) is 32.9 Å².